The first-order valence-corrected chi connectivity index (χ1v) is 8.45. The first-order chi connectivity index (χ1) is 12.5. The summed E-state index contributed by atoms with van der Waals surface area (Å²) in [4.78, 5) is 12.1. The van der Waals surface area contributed by atoms with Crippen LogP contribution in [-0.2, 0) is 11.3 Å². The Morgan fingerprint density at radius 1 is 1.23 bits per heavy atom. The highest BCUT2D eigenvalue weighted by Crippen LogP contribution is 2.22. The Morgan fingerprint density at radius 3 is 2.73 bits per heavy atom. The molecule has 3 aromatic rings. The third-order valence-electron chi connectivity index (χ3n) is 3.80. The van der Waals surface area contributed by atoms with Crippen molar-refractivity contribution >= 4 is 29.3 Å². The molecule has 0 spiro atoms. The number of hydrogen-bond donors (Lipinski definition) is 2. The van der Waals surface area contributed by atoms with Crippen LogP contribution in [0.4, 0.5) is 5.69 Å². The highest BCUT2D eigenvalue weighted by atomic mass is 35.5. The Morgan fingerprint density at radius 2 is 2.00 bits per heavy atom. The molecule has 1 amide bonds. The van der Waals surface area contributed by atoms with Crippen LogP contribution in [0.25, 0.3) is 6.08 Å². The molecule has 0 saturated heterocycles. The van der Waals surface area contributed by atoms with E-state index in [1.54, 1.807) is 22.9 Å². The van der Waals surface area contributed by atoms with Gasteiger partial charge in [0.05, 0.1) is 12.2 Å². The Hall–Kier alpha value is -3.05. The maximum atomic E-state index is 12.1. The van der Waals surface area contributed by atoms with Gasteiger partial charge in [-0.1, -0.05) is 48.0 Å². The van der Waals surface area contributed by atoms with Crippen molar-refractivity contribution in [1.82, 2.24) is 9.78 Å². The molecule has 2 N–H and O–H groups in total. The summed E-state index contributed by atoms with van der Waals surface area (Å²) < 4.78 is 1.71. The van der Waals surface area contributed by atoms with Crippen molar-refractivity contribution in [2.45, 2.75) is 13.5 Å². The number of amides is 1. The maximum Gasteiger partial charge on any atom is 0.248 e. The van der Waals surface area contributed by atoms with Gasteiger partial charge < -0.3 is 10.4 Å². The zero-order valence-corrected chi connectivity index (χ0v) is 14.9. The van der Waals surface area contributed by atoms with Gasteiger partial charge in [-0.25, -0.2) is 4.68 Å². The number of nitrogens with zero attached hydrogens (tertiary/aromatic N) is 2. The topological polar surface area (TPSA) is 67.2 Å². The van der Waals surface area contributed by atoms with E-state index in [0.29, 0.717) is 22.9 Å². The number of aromatic nitrogens is 2. The van der Waals surface area contributed by atoms with Crippen LogP contribution in [0, 0.1) is 6.92 Å². The fraction of sp³-hybridized carbons (Fsp3) is 0.100. The lowest BCUT2D eigenvalue weighted by molar-refractivity contribution is -0.111. The molecule has 6 heteroatoms. The second-order valence-electron chi connectivity index (χ2n) is 5.81. The predicted octanol–water partition coefficient (Wildman–Crippen LogP) is 4.25. The van der Waals surface area contributed by atoms with Gasteiger partial charge in [0, 0.05) is 23.4 Å². The van der Waals surface area contributed by atoms with Crippen molar-refractivity contribution < 1.29 is 9.90 Å². The molecule has 0 atom stereocenters. The summed E-state index contributed by atoms with van der Waals surface area (Å²) in [7, 11) is 0. The maximum absolute atomic E-state index is 12.1. The number of carbonyl (C=O) groups excluding carboxylic acids is 1. The first-order valence-electron chi connectivity index (χ1n) is 8.08. The minimum atomic E-state index is -0.318. The lowest BCUT2D eigenvalue weighted by Crippen LogP contribution is -2.07. The Bertz CT molecular complexity index is 949. The van der Waals surface area contributed by atoms with Gasteiger partial charge in [-0.3, -0.25) is 4.79 Å². The van der Waals surface area contributed by atoms with Gasteiger partial charge in [0.1, 0.15) is 10.9 Å². The quantitative estimate of drug-likeness (QED) is 0.662. The SMILES string of the molecule is Cc1nn(Cc2ccccc2)c(Cl)c1/C=C/C(=O)Nc1cccc(O)c1. The first kappa shape index (κ1) is 17.8. The molecule has 26 heavy (non-hydrogen) atoms. The van der Waals surface area contributed by atoms with Crippen molar-refractivity contribution in [2.24, 2.45) is 0 Å². The lowest BCUT2D eigenvalue weighted by atomic mass is 10.2. The number of phenolic OH excluding ortho intramolecular Hbond substituents is 1. The molecule has 1 heterocycles. The standard InChI is InChI=1S/C20H18ClN3O2/c1-14-18(10-11-19(26)22-16-8-5-9-17(25)12-16)20(21)24(23-14)13-15-6-3-2-4-7-15/h2-12,25H,13H2,1H3,(H,22,26)/b11-10+. The number of phenols is 1. The Kier molecular flexibility index (Phi) is 5.39. The monoisotopic (exact) mass is 367 g/mol. The molecule has 0 unspecified atom stereocenters. The van der Waals surface area contributed by atoms with Gasteiger partial charge >= 0.3 is 0 Å². The van der Waals surface area contributed by atoms with E-state index >= 15 is 0 Å². The van der Waals surface area contributed by atoms with Gasteiger partial charge in [0.25, 0.3) is 0 Å². The third kappa shape index (κ3) is 4.32. The van der Waals surface area contributed by atoms with Crippen LogP contribution in [0.5, 0.6) is 5.75 Å². The van der Waals surface area contributed by atoms with Gasteiger partial charge in [0.2, 0.25) is 5.91 Å². The summed E-state index contributed by atoms with van der Waals surface area (Å²) >= 11 is 6.43. The van der Waals surface area contributed by atoms with E-state index in [2.05, 4.69) is 10.4 Å². The average Bonchev–Trinajstić information content (AvgIpc) is 2.87. The molecule has 0 fully saturated rings. The fourth-order valence-electron chi connectivity index (χ4n) is 2.54. The highest BCUT2D eigenvalue weighted by molar-refractivity contribution is 6.31. The van der Waals surface area contributed by atoms with E-state index in [1.165, 1.54) is 18.2 Å². The third-order valence-corrected chi connectivity index (χ3v) is 4.20. The van der Waals surface area contributed by atoms with Gasteiger partial charge in [0.15, 0.2) is 0 Å². The fourth-order valence-corrected chi connectivity index (χ4v) is 2.84. The predicted molar refractivity (Wildman–Crippen MR) is 103 cm³/mol. The van der Waals surface area contributed by atoms with Crippen LogP contribution in [0.3, 0.4) is 0 Å². The minimum Gasteiger partial charge on any atom is -0.508 e. The molecule has 3 rings (SSSR count). The Labute approximate surface area is 156 Å². The number of benzene rings is 2. The van der Waals surface area contributed by atoms with Gasteiger partial charge in [-0.15, -0.1) is 0 Å². The van der Waals surface area contributed by atoms with Crippen molar-refractivity contribution in [1.29, 1.82) is 0 Å². The van der Waals surface area contributed by atoms with Crippen molar-refractivity contribution in [3.8, 4) is 5.75 Å². The van der Waals surface area contributed by atoms with E-state index in [4.69, 9.17) is 11.6 Å². The largest absolute Gasteiger partial charge is 0.508 e. The van der Waals surface area contributed by atoms with Crippen LogP contribution in [0.2, 0.25) is 5.15 Å². The molecule has 0 aliphatic heterocycles. The molecular formula is C20H18ClN3O2. The smallest absolute Gasteiger partial charge is 0.248 e. The normalized spacial score (nSPS) is 11.0. The van der Waals surface area contributed by atoms with Crippen LogP contribution in [0.15, 0.2) is 60.7 Å². The van der Waals surface area contributed by atoms with E-state index in [1.807, 2.05) is 37.3 Å². The lowest BCUT2D eigenvalue weighted by Gasteiger charge is -2.03. The second kappa shape index (κ2) is 7.89. The van der Waals surface area contributed by atoms with E-state index in [0.717, 1.165) is 11.3 Å². The molecule has 0 bridgehead atoms. The van der Waals surface area contributed by atoms with Crippen molar-refractivity contribution in [3.05, 3.63) is 82.6 Å². The molecule has 0 aliphatic rings. The number of aromatic hydroxyl groups is 1. The number of aryl methyl sites for hydroxylation is 1. The van der Waals surface area contributed by atoms with Crippen LogP contribution in [0.1, 0.15) is 16.8 Å². The summed E-state index contributed by atoms with van der Waals surface area (Å²) in [6.07, 6.45) is 3.04. The van der Waals surface area contributed by atoms with Crippen molar-refractivity contribution in [3.63, 3.8) is 0 Å². The van der Waals surface area contributed by atoms with Gasteiger partial charge in [-0.05, 0) is 30.7 Å². The summed E-state index contributed by atoms with van der Waals surface area (Å²) in [6, 6.07) is 16.3. The van der Waals surface area contributed by atoms with Crippen molar-refractivity contribution in [2.75, 3.05) is 5.32 Å². The summed E-state index contributed by atoms with van der Waals surface area (Å²) in [5, 5.41) is 17.0. The molecule has 132 valence electrons. The summed E-state index contributed by atoms with van der Waals surface area (Å²) in [6.45, 7) is 2.41. The molecule has 2 aromatic carbocycles. The molecule has 0 saturated carbocycles. The van der Waals surface area contributed by atoms with Gasteiger partial charge in [-0.2, -0.15) is 5.10 Å². The van der Waals surface area contributed by atoms with Crippen LogP contribution in [-0.4, -0.2) is 20.8 Å². The van der Waals surface area contributed by atoms with E-state index in [-0.39, 0.29) is 11.7 Å². The number of hydrogen-bond acceptors (Lipinski definition) is 3. The zero-order valence-electron chi connectivity index (χ0n) is 14.2. The van der Waals surface area contributed by atoms with E-state index in [9.17, 15) is 9.90 Å². The van der Waals surface area contributed by atoms with Crippen LogP contribution < -0.4 is 5.32 Å². The molecule has 1 aromatic heterocycles. The number of rotatable bonds is 5. The number of nitrogens with one attached hydrogen (secondary N) is 1. The number of carbonyl (C=O) groups is 1. The molecule has 0 aliphatic carbocycles. The Balaban J connectivity index is 1.73. The molecule has 5 nitrogen and oxygen atoms in total. The molecular weight excluding hydrogens is 350 g/mol. The molecule has 0 radical (unpaired) electrons. The minimum absolute atomic E-state index is 0.0906. The average molecular weight is 368 g/mol. The highest BCUT2D eigenvalue weighted by Gasteiger charge is 2.11. The summed E-state index contributed by atoms with van der Waals surface area (Å²) in [5.41, 5.74) is 3.05. The van der Waals surface area contributed by atoms with E-state index < -0.39 is 0 Å². The summed E-state index contributed by atoms with van der Waals surface area (Å²) in [5.74, 6) is -0.227. The zero-order chi connectivity index (χ0) is 18.5. The van der Waals surface area contributed by atoms with Crippen LogP contribution >= 0.6 is 11.6 Å². The second-order valence-corrected chi connectivity index (χ2v) is 6.16. The number of anilines is 1. The number of halogens is 1.